The monoisotopic (exact) mass is 300 g/mol. The lowest BCUT2D eigenvalue weighted by Gasteiger charge is -2.05. The van der Waals surface area contributed by atoms with Crippen molar-refractivity contribution < 1.29 is 4.79 Å². The molecule has 0 saturated heterocycles. The highest BCUT2D eigenvalue weighted by atomic mass is 35.5. The molecule has 0 radical (unpaired) electrons. The van der Waals surface area contributed by atoms with Gasteiger partial charge in [-0.2, -0.15) is 0 Å². The minimum atomic E-state index is -0.110. The molecule has 6 heteroatoms. The molecule has 0 bridgehead atoms. The molecule has 0 unspecified atom stereocenters. The zero-order valence-corrected chi connectivity index (χ0v) is 11.9. The molecular formula is C12H10Cl2N2OS. The van der Waals surface area contributed by atoms with Crippen LogP contribution in [0.3, 0.4) is 0 Å². The molecule has 1 aromatic heterocycles. The number of hydrogen-bond donors (Lipinski definition) is 1. The average Bonchev–Trinajstić information content (AvgIpc) is 2.62. The van der Waals surface area contributed by atoms with Crippen molar-refractivity contribution in [3.63, 3.8) is 0 Å². The molecular weight excluding hydrogens is 291 g/mol. The van der Waals surface area contributed by atoms with Crippen LogP contribution in [0.2, 0.25) is 10.0 Å². The Hall–Kier alpha value is -1.10. The zero-order valence-electron chi connectivity index (χ0n) is 9.54. The molecule has 0 aliphatic rings. The van der Waals surface area contributed by atoms with E-state index in [1.165, 1.54) is 11.3 Å². The van der Waals surface area contributed by atoms with Crippen molar-refractivity contribution in [1.29, 1.82) is 0 Å². The van der Waals surface area contributed by atoms with Gasteiger partial charge in [-0.15, -0.1) is 11.3 Å². The summed E-state index contributed by atoms with van der Waals surface area (Å²) in [6.07, 6.45) is 0.306. The minimum absolute atomic E-state index is 0.110. The lowest BCUT2D eigenvalue weighted by Crippen LogP contribution is -2.14. The number of hydrogen-bond acceptors (Lipinski definition) is 3. The van der Waals surface area contributed by atoms with Gasteiger partial charge >= 0.3 is 0 Å². The predicted octanol–water partition coefficient (Wildman–Crippen LogP) is 3.94. The van der Waals surface area contributed by atoms with E-state index in [1.807, 2.05) is 6.92 Å². The number of aromatic nitrogens is 1. The molecule has 2 aromatic rings. The van der Waals surface area contributed by atoms with Crippen LogP contribution in [0.4, 0.5) is 5.69 Å². The van der Waals surface area contributed by atoms with Gasteiger partial charge in [0.25, 0.3) is 0 Å². The largest absolute Gasteiger partial charge is 0.326 e. The first kappa shape index (κ1) is 13.3. The Morgan fingerprint density at radius 3 is 2.56 bits per heavy atom. The molecule has 0 atom stereocenters. The van der Waals surface area contributed by atoms with E-state index >= 15 is 0 Å². The topological polar surface area (TPSA) is 42.0 Å². The van der Waals surface area contributed by atoms with Gasteiger partial charge in [0.2, 0.25) is 5.91 Å². The second-order valence-electron chi connectivity index (χ2n) is 3.74. The Morgan fingerprint density at radius 1 is 1.33 bits per heavy atom. The van der Waals surface area contributed by atoms with Crippen molar-refractivity contribution in [1.82, 2.24) is 4.98 Å². The second-order valence-corrected chi connectivity index (χ2v) is 5.56. The number of thiazole rings is 1. The highest BCUT2D eigenvalue weighted by Crippen LogP contribution is 2.23. The first-order valence-corrected chi connectivity index (χ1v) is 6.83. The third-order valence-corrected chi connectivity index (χ3v) is 3.68. The SMILES string of the molecule is Cc1ncsc1CC(=O)Nc1cc(Cl)cc(Cl)c1. The molecule has 1 N–H and O–H groups in total. The number of halogens is 2. The second kappa shape index (κ2) is 5.69. The zero-order chi connectivity index (χ0) is 13.1. The van der Waals surface area contributed by atoms with Crippen LogP contribution in [0.1, 0.15) is 10.6 Å². The number of aryl methyl sites for hydroxylation is 1. The van der Waals surface area contributed by atoms with Gasteiger partial charge in [-0.3, -0.25) is 4.79 Å². The first-order valence-electron chi connectivity index (χ1n) is 5.19. The summed E-state index contributed by atoms with van der Waals surface area (Å²) in [5.41, 5.74) is 3.22. The Labute approximate surface area is 119 Å². The Balaban J connectivity index is 2.05. The summed E-state index contributed by atoms with van der Waals surface area (Å²) in [6, 6.07) is 4.93. The molecule has 3 nitrogen and oxygen atoms in total. The summed E-state index contributed by atoms with van der Waals surface area (Å²) in [5.74, 6) is -0.110. The Bertz CT molecular complexity index is 563. The average molecular weight is 301 g/mol. The van der Waals surface area contributed by atoms with Crippen molar-refractivity contribution in [2.24, 2.45) is 0 Å². The van der Waals surface area contributed by atoms with E-state index in [4.69, 9.17) is 23.2 Å². The molecule has 94 valence electrons. The van der Waals surface area contributed by atoms with Gasteiger partial charge in [0.15, 0.2) is 0 Å². The van der Waals surface area contributed by atoms with Crippen molar-refractivity contribution in [3.05, 3.63) is 44.3 Å². The van der Waals surface area contributed by atoms with E-state index in [2.05, 4.69) is 10.3 Å². The number of carbonyl (C=O) groups is 1. The number of nitrogens with zero attached hydrogens (tertiary/aromatic N) is 1. The van der Waals surface area contributed by atoms with Crippen molar-refractivity contribution in [2.75, 3.05) is 5.32 Å². The number of anilines is 1. The normalized spacial score (nSPS) is 10.4. The highest BCUT2D eigenvalue weighted by molar-refractivity contribution is 7.09. The van der Waals surface area contributed by atoms with Crippen LogP contribution >= 0.6 is 34.5 Å². The van der Waals surface area contributed by atoms with Crippen LogP contribution in [0.15, 0.2) is 23.7 Å². The minimum Gasteiger partial charge on any atom is -0.326 e. The maximum absolute atomic E-state index is 11.8. The van der Waals surface area contributed by atoms with E-state index in [1.54, 1.807) is 23.7 Å². The van der Waals surface area contributed by atoms with Crippen LogP contribution in [-0.2, 0) is 11.2 Å². The number of nitrogens with one attached hydrogen (secondary N) is 1. The van der Waals surface area contributed by atoms with Gasteiger partial charge in [0.1, 0.15) is 0 Å². The number of rotatable bonds is 3. The first-order chi connectivity index (χ1) is 8.54. The smallest absolute Gasteiger partial charge is 0.229 e. The fourth-order valence-corrected chi connectivity index (χ4v) is 2.77. The van der Waals surface area contributed by atoms with Gasteiger partial charge in [-0.05, 0) is 25.1 Å². The van der Waals surface area contributed by atoms with Crippen LogP contribution in [0.25, 0.3) is 0 Å². The molecule has 0 spiro atoms. The summed E-state index contributed by atoms with van der Waals surface area (Å²) >= 11 is 13.2. The van der Waals surface area contributed by atoms with Crippen molar-refractivity contribution in [2.45, 2.75) is 13.3 Å². The maximum Gasteiger partial charge on any atom is 0.229 e. The fraction of sp³-hybridized carbons (Fsp3) is 0.167. The van der Waals surface area contributed by atoms with E-state index in [0.29, 0.717) is 22.2 Å². The van der Waals surface area contributed by atoms with Gasteiger partial charge in [-0.25, -0.2) is 4.98 Å². The van der Waals surface area contributed by atoms with Crippen molar-refractivity contribution >= 4 is 46.1 Å². The van der Waals surface area contributed by atoms with Crippen LogP contribution in [0, 0.1) is 6.92 Å². The fourth-order valence-electron chi connectivity index (χ4n) is 1.47. The Kier molecular flexibility index (Phi) is 4.22. The lowest BCUT2D eigenvalue weighted by molar-refractivity contribution is -0.115. The number of amides is 1. The molecule has 1 heterocycles. The molecule has 18 heavy (non-hydrogen) atoms. The molecule has 1 amide bonds. The van der Waals surface area contributed by atoms with E-state index in [0.717, 1.165) is 10.6 Å². The van der Waals surface area contributed by atoms with Gasteiger partial charge in [0.05, 0.1) is 17.6 Å². The van der Waals surface area contributed by atoms with Crippen molar-refractivity contribution in [3.8, 4) is 0 Å². The quantitative estimate of drug-likeness (QED) is 0.933. The van der Waals surface area contributed by atoms with Gasteiger partial charge < -0.3 is 5.32 Å². The molecule has 2 rings (SSSR count). The van der Waals surface area contributed by atoms with E-state index in [-0.39, 0.29) is 5.91 Å². The van der Waals surface area contributed by atoms with Gasteiger partial charge in [0, 0.05) is 20.6 Å². The molecule has 0 aliphatic heterocycles. The van der Waals surface area contributed by atoms with Crippen LogP contribution in [-0.4, -0.2) is 10.9 Å². The maximum atomic E-state index is 11.8. The van der Waals surface area contributed by atoms with Gasteiger partial charge in [-0.1, -0.05) is 23.2 Å². The van der Waals surface area contributed by atoms with Crippen LogP contribution < -0.4 is 5.32 Å². The third kappa shape index (κ3) is 3.45. The summed E-state index contributed by atoms with van der Waals surface area (Å²) < 4.78 is 0. The van der Waals surface area contributed by atoms with E-state index < -0.39 is 0 Å². The third-order valence-electron chi connectivity index (χ3n) is 2.31. The molecule has 0 fully saturated rings. The molecule has 1 aromatic carbocycles. The van der Waals surface area contributed by atoms with E-state index in [9.17, 15) is 4.79 Å². The predicted molar refractivity (Wildman–Crippen MR) is 75.6 cm³/mol. The Morgan fingerprint density at radius 2 is 2.00 bits per heavy atom. The standard InChI is InChI=1S/C12H10Cl2N2OS/c1-7-11(18-6-15-7)5-12(17)16-10-3-8(13)2-9(14)4-10/h2-4,6H,5H2,1H3,(H,16,17). The van der Waals surface area contributed by atoms with Crippen LogP contribution in [0.5, 0.6) is 0 Å². The number of benzene rings is 1. The highest BCUT2D eigenvalue weighted by Gasteiger charge is 2.09. The number of carbonyl (C=O) groups excluding carboxylic acids is 1. The summed E-state index contributed by atoms with van der Waals surface area (Å²) in [7, 11) is 0. The lowest BCUT2D eigenvalue weighted by atomic mass is 10.2. The summed E-state index contributed by atoms with van der Waals surface area (Å²) in [5, 5.41) is 3.74. The molecule has 0 saturated carbocycles. The molecule has 0 aliphatic carbocycles. The summed E-state index contributed by atoms with van der Waals surface area (Å²) in [6.45, 7) is 1.88. The summed E-state index contributed by atoms with van der Waals surface area (Å²) in [4.78, 5) is 16.9.